The van der Waals surface area contributed by atoms with Crippen LogP contribution < -0.4 is 0 Å². The SMILES string of the molecule is CCC(CC)CC(=O)c1csc(C)n1. The van der Waals surface area contributed by atoms with Crippen LogP contribution in [0.25, 0.3) is 0 Å². The first-order valence-electron chi connectivity index (χ1n) is 5.12. The quantitative estimate of drug-likeness (QED) is 0.698. The Morgan fingerprint density at radius 2 is 2.14 bits per heavy atom. The fourth-order valence-corrected chi connectivity index (χ4v) is 2.05. The molecule has 0 bridgehead atoms. The van der Waals surface area contributed by atoms with Crippen LogP contribution in [0.1, 0.15) is 48.6 Å². The van der Waals surface area contributed by atoms with Crippen LogP contribution in [0.4, 0.5) is 0 Å². The first-order valence-corrected chi connectivity index (χ1v) is 6.00. The van der Waals surface area contributed by atoms with Crippen LogP contribution in [0.15, 0.2) is 5.38 Å². The van der Waals surface area contributed by atoms with Gasteiger partial charge in [-0.3, -0.25) is 4.79 Å². The first-order chi connectivity index (χ1) is 6.67. The van der Waals surface area contributed by atoms with Gasteiger partial charge in [0.1, 0.15) is 5.69 Å². The predicted molar refractivity (Wildman–Crippen MR) is 59.9 cm³/mol. The Balaban J connectivity index is 2.58. The number of rotatable bonds is 5. The normalized spacial score (nSPS) is 10.9. The smallest absolute Gasteiger partial charge is 0.182 e. The van der Waals surface area contributed by atoms with E-state index < -0.39 is 0 Å². The minimum atomic E-state index is 0.197. The van der Waals surface area contributed by atoms with Crippen molar-refractivity contribution in [1.29, 1.82) is 0 Å². The summed E-state index contributed by atoms with van der Waals surface area (Å²) in [5.74, 6) is 0.715. The predicted octanol–water partition coefficient (Wildman–Crippen LogP) is 3.46. The van der Waals surface area contributed by atoms with E-state index in [0.29, 0.717) is 18.0 Å². The zero-order valence-corrected chi connectivity index (χ0v) is 9.86. The van der Waals surface area contributed by atoms with Crippen molar-refractivity contribution in [2.24, 2.45) is 5.92 Å². The molecule has 2 nitrogen and oxygen atoms in total. The van der Waals surface area contributed by atoms with Crippen LogP contribution >= 0.6 is 11.3 Å². The van der Waals surface area contributed by atoms with Crippen molar-refractivity contribution in [3.05, 3.63) is 16.1 Å². The first kappa shape index (κ1) is 11.4. The lowest BCUT2D eigenvalue weighted by Crippen LogP contribution is -2.07. The molecule has 0 fully saturated rings. The Hall–Kier alpha value is -0.700. The lowest BCUT2D eigenvalue weighted by Gasteiger charge is -2.09. The third kappa shape index (κ3) is 2.91. The molecule has 1 aromatic rings. The van der Waals surface area contributed by atoms with Gasteiger partial charge in [0.15, 0.2) is 5.78 Å². The van der Waals surface area contributed by atoms with Gasteiger partial charge < -0.3 is 0 Å². The molecule has 78 valence electrons. The summed E-state index contributed by atoms with van der Waals surface area (Å²) in [6, 6.07) is 0. The number of hydrogen-bond acceptors (Lipinski definition) is 3. The minimum absolute atomic E-state index is 0.197. The number of ketones is 1. The summed E-state index contributed by atoms with van der Waals surface area (Å²) in [5.41, 5.74) is 0.652. The molecule has 0 radical (unpaired) electrons. The van der Waals surface area contributed by atoms with Gasteiger partial charge in [-0.2, -0.15) is 0 Å². The number of nitrogens with zero attached hydrogens (tertiary/aromatic N) is 1. The molecular weight excluding hydrogens is 194 g/mol. The van der Waals surface area contributed by atoms with E-state index >= 15 is 0 Å². The number of aromatic nitrogens is 1. The van der Waals surface area contributed by atoms with Gasteiger partial charge in [-0.25, -0.2) is 4.98 Å². The van der Waals surface area contributed by atoms with Gasteiger partial charge in [-0.05, 0) is 12.8 Å². The molecular formula is C11H17NOS. The molecule has 0 aliphatic heterocycles. The molecule has 0 aromatic carbocycles. The second kappa shape index (κ2) is 5.25. The molecule has 3 heteroatoms. The van der Waals surface area contributed by atoms with E-state index in [1.807, 2.05) is 12.3 Å². The van der Waals surface area contributed by atoms with Crippen LogP contribution in [-0.2, 0) is 0 Å². The van der Waals surface area contributed by atoms with Crippen LogP contribution in [0, 0.1) is 12.8 Å². The van der Waals surface area contributed by atoms with Crippen molar-refractivity contribution in [1.82, 2.24) is 4.98 Å². The van der Waals surface area contributed by atoms with Crippen molar-refractivity contribution in [2.75, 3.05) is 0 Å². The fourth-order valence-electron chi connectivity index (χ4n) is 1.44. The molecule has 0 amide bonds. The Labute approximate surface area is 89.4 Å². The number of thiazole rings is 1. The number of aryl methyl sites for hydroxylation is 1. The summed E-state index contributed by atoms with van der Waals surface area (Å²) in [4.78, 5) is 15.9. The Bertz CT molecular complexity index is 302. The molecule has 0 saturated heterocycles. The van der Waals surface area contributed by atoms with Crippen molar-refractivity contribution in [3.63, 3.8) is 0 Å². The second-order valence-electron chi connectivity index (χ2n) is 3.56. The highest BCUT2D eigenvalue weighted by Crippen LogP contribution is 2.17. The Kier molecular flexibility index (Phi) is 4.26. The maximum atomic E-state index is 11.7. The Morgan fingerprint density at radius 1 is 1.50 bits per heavy atom. The molecule has 0 aliphatic rings. The Morgan fingerprint density at radius 3 is 2.57 bits per heavy atom. The fraction of sp³-hybridized carbons (Fsp3) is 0.636. The molecule has 0 atom stereocenters. The van der Waals surface area contributed by atoms with Crippen molar-refractivity contribution in [2.45, 2.75) is 40.0 Å². The summed E-state index contributed by atoms with van der Waals surface area (Å²) in [5, 5.41) is 2.83. The zero-order valence-electron chi connectivity index (χ0n) is 9.04. The maximum Gasteiger partial charge on any atom is 0.182 e. The zero-order chi connectivity index (χ0) is 10.6. The number of carbonyl (C=O) groups is 1. The van der Waals surface area contributed by atoms with E-state index in [4.69, 9.17) is 0 Å². The molecule has 0 N–H and O–H groups in total. The van der Waals surface area contributed by atoms with Crippen LogP contribution in [-0.4, -0.2) is 10.8 Å². The van der Waals surface area contributed by atoms with Gasteiger partial charge >= 0.3 is 0 Å². The average Bonchev–Trinajstić information content (AvgIpc) is 2.61. The molecule has 1 rings (SSSR count). The largest absolute Gasteiger partial charge is 0.292 e. The van der Waals surface area contributed by atoms with E-state index in [-0.39, 0.29) is 5.78 Å². The highest BCUT2D eigenvalue weighted by molar-refractivity contribution is 7.09. The summed E-state index contributed by atoms with van der Waals surface area (Å²) < 4.78 is 0. The lowest BCUT2D eigenvalue weighted by atomic mass is 9.96. The molecule has 1 aromatic heterocycles. The second-order valence-corrected chi connectivity index (χ2v) is 4.62. The lowest BCUT2D eigenvalue weighted by molar-refractivity contribution is 0.0954. The van der Waals surface area contributed by atoms with Crippen molar-refractivity contribution < 1.29 is 4.79 Å². The maximum absolute atomic E-state index is 11.7. The van der Waals surface area contributed by atoms with E-state index in [2.05, 4.69) is 18.8 Å². The summed E-state index contributed by atoms with van der Waals surface area (Å²) in [6.45, 7) is 6.19. The van der Waals surface area contributed by atoms with Gasteiger partial charge in [-0.1, -0.05) is 26.7 Å². The molecule has 14 heavy (non-hydrogen) atoms. The summed E-state index contributed by atoms with van der Waals surface area (Å²) >= 11 is 1.54. The van der Waals surface area contributed by atoms with Gasteiger partial charge in [0.2, 0.25) is 0 Å². The monoisotopic (exact) mass is 211 g/mol. The number of carbonyl (C=O) groups excluding carboxylic acids is 1. The molecule has 0 unspecified atom stereocenters. The van der Waals surface area contributed by atoms with Crippen molar-refractivity contribution >= 4 is 17.1 Å². The molecule has 0 aliphatic carbocycles. The van der Waals surface area contributed by atoms with E-state index in [1.165, 1.54) is 0 Å². The minimum Gasteiger partial charge on any atom is -0.292 e. The van der Waals surface area contributed by atoms with E-state index in [0.717, 1.165) is 17.8 Å². The van der Waals surface area contributed by atoms with Gasteiger partial charge in [-0.15, -0.1) is 11.3 Å². The van der Waals surface area contributed by atoms with E-state index in [1.54, 1.807) is 11.3 Å². The summed E-state index contributed by atoms with van der Waals surface area (Å²) in [6.07, 6.45) is 2.80. The topological polar surface area (TPSA) is 30.0 Å². The third-order valence-corrected chi connectivity index (χ3v) is 3.31. The van der Waals surface area contributed by atoms with Gasteiger partial charge in [0, 0.05) is 11.8 Å². The molecule has 0 spiro atoms. The van der Waals surface area contributed by atoms with Gasteiger partial charge in [0.25, 0.3) is 0 Å². The average molecular weight is 211 g/mol. The van der Waals surface area contributed by atoms with Crippen molar-refractivity contribution in [3.8, 4) is 0 Å². The number of hydrogen-bond donors (Lipinski definition) is 0. The van der Waals surface area contributed by atoms with Crippen LogP contribution in [0.3, 0.4) is 0 Å². The van der Waals surface area contributed by atoms with Crippen LogP contribution in [0.5, 0.6) is 0 Å². The van der Waals surface area contributed by atoms with E-state index in [9.17, 15) is 4.79 Å². The summed E-state index contributed by atoms with van der Waals surface area (Å²) in [7, 11) is 0. The highest BCUT2D eigenvalue weighted by Gasteiger charge is 2.14. The number of Topliss-reactive ketones (excluding diaryl/α,β-unsaturated/α-hetero) is 1. The molecule has 0 saturated carbocycles. The molecule has 1 heterocycles. The highest BCUT2D eigenvalue weighted by atomic mass is 32.1. The van der Waals surface area contributed by atoms with Crippen LogP contribution in [0.2, 0.25) is 0 Å². The standard InChI is InChI=1S/C11H17NOS/c1-4-9(5-2)6-11(13)10-7-14-8(3)12-10/h7,9H,4-6H2,1-3H3. The third-order valence-electron chi connectivity index (χ3n) is 2.53. The van der Waals surface area contributed by atoms with Gasteiger partial charge in [0.05, 0.1) is 5.01 Å².